The van der Waals surface area contributed by atoms with Crippen LogP contribution in [0.1, 0.15) is 40.5 Å². The summed E-state index contributed by atoms with van der Waals surface area (Å²) < 4.78 is 5.78. The van der Waals surface area contributed by atoms with Crippen LogP contribution >= 0.6 is 0 Å². The average Bonchev–Trinajstić information content (AvgIpc) is 2.74. The van der Waals surface area contributed by atoms with Gasteiger partial charge in [-0.15, -0.1) is 0 Å². The largest absolute Gasteiger partial charge is 0.366 e. The summed E-state index contributed by atoms with van der Waals surface area (Å²) in [4.78, 5) is 11.0. The van der Waals surface area contributed by atoms with Crippen molar-refractivity contribution in [2.45, 2.75) is 52.2 Å². The molecule has 2 aliphatic rings. The minimum atomic E-state index is -0.00625. The van der Waals surface area contributed by atoms with Gasteiger partial charge in [0.1, 0.15) is 0 Å². The van der Waals surface area contributed by atoms with Crippen molar-refractivity contribution in [2.24, 2.45) is 11.3 Å². The number of fused-ring (bicyclic) bond motifs is 1. The molecule has 0 bridgehead atoms. The van der Waals surface area contributed by atoms with E-state index in [2.05, 4.69) is 26.8 Å². The number of allylic oxidation sites excluding steroid dienone is 1. The Morgan fingerprint density at radius 3 is 2.67 bits per heavy atom. The van der Waals surface area contributed by atoms with Gasteiger partial charge >= 0.3 is 0 Å². The van der Waals surface area contributed by atoms with Crippen molar-refractivity contribution < 1.29 is 9.53 Å². The zero-order valence-corrected chi connectivity index (χ0v) is 10.0. The number of carbonyl (C=O) groups excluding carboxylic acids is 1. The predicted molar refractivity (Wildman–Crippen MR) is 59.6 cm³/mol. The van der Waals surface area contributed by atoms with Crippen LogP contribution in [0.3, 0.4) is 0 Å². The van der Waals surface area contributed by atoms with E-state index in [0.717, 1.165) is 6.42 Å². The summed E-state index contributed by atoms with van der Waals surface area (Å²) in [6, 6.07) is 0. The highest BCUT2D eigenvalue weighted by molar-refractivity contribution is 5.87. The lowest BCUT2D eigenvalue weighted by molar-refractivity contribution is -0.112. The van der Waals surface area contributed by atoms with Crippen LogP contribution in [0.2, 0.25) is 0 Å². The quantitative estimate of drug-likeness (QED) is 0.516. The van der Waals surface area contributed by atoms with Crippen LogP contribution in [-0.4, -0.2) is 17.5 Å². The maximum absolute atomic E-state index is 11.0. The molecule has 0 N–H and O–H groups in total. The monoisotopic (exact) mass is 208 g/mol. The first-order chi connectivity index (χ1) is 6.86. The van der Waals surface area contributed by atoms with Gasteiger partial charge in [0.05, 0.1) is 11.7 Å². The molecule has 2 rings (SSSR count). The lowest BCUT2D eigenvalue weighted by Crippen LogP contribution is -2.39. The predicted octanol–water partition coefficient (Wildman–Crippen LogP) is 2.73. The van der Waals surface area contributed by atoms with Crippen molar-refractivity contribution in [3.8, 4) is 0 Å². The summed E-state index contributed by atoms with van der Waals surface area (Å²) in [6.45, 7) is 8.31. The Morgan fingerprint density at radius 2 is 2.07 bits per heavy atom. The average molecular weight is 208 g/mol. The van der Waals surface area contributed by atoms with Crippen LogP contribution in [0, 0.1) is 11.3 Å². The van der Waals surface area contributed by atoms with Gasteiger partial charge in [-0.05, 0) is 38.2 Å². The van der Waals surface area contributed by atoms with Crippen molar-refractivity contribution in [3.63, 3.8) is 0 Å². The van der Waals surface area contributed by atoms with Crippen LogP contribution in [0.25, 0.3) is 0 Å². The summed E-state index contributed by atoms with van der Waals surface area (Å²) >= 11 is 0. The molecular weight excluding hydrogens is 188 g/mol. The lowest BCUT2D eigenvalue weighted by Gasteiger charge is -2.38. The van der Waals surface area contributed by atoms with E-state index in [9.17, 15) is 4.79 Å². The van der Waals surface area contributed by atoms with Crippen molar-refractivity contribution >= 4 is 5.78 Å². The van der Waals surface area contributed by atoms with E-state index in [1.807, 2.05) is 0 Å². The van der Waals surface area contributed by atoms with Crippen molar-refractivity contribution in [1.82, 2.24) is 0 Å². The van der Waals surface area contributed by atoms with Gasteiger partial charge < -0.3 is 4.74 Å². The van der Waals surface area contributed by atoms with Crippen LogP contribution in [0.5, 0.6) is 0 Å². The van der Waals surface area contributed by atoms with Gasteiger partial charge in [0.15, 0.2) is 5.78 Å². The van der Waals surface area contributed by atoms with Gasteiger partial charge in [0, 0.05) is 5.92 Å². The normalized spacial score (nSPS) is 42.7. The molecule has 0 spiro atoms. The van der Waals surface area contributed by atoms with E-state index in [-0.39, 0.29) is 16.8 Å². The Balaban J connectivity index is 2.21. The second kappa shape index (κ2) is 3.18. The molecule has 1 aliphatic heterocycles. The fourth-order valence-electron chi connectivity index (χ4n) is 3.01. The minimum absolute atomic E-state index is 0.00625. The second-order valence-electron chi connectivity index (χ2n) is 5.77. The molecule has 2 nitrogen and oxygen atoms in total. The molecular formula is C13H20O2. The topological polar surface area (TPSA) is 29.6 Å². The van der Waals surface area contributed by atoms with Crippen LogP contribution in [0.4, 0.5) is 0 Å². The standard InChI is InChI=1S/C13H20O2/c1-9(14)5-6-10-12(2,3)8-7-11-13(10,4)15-11/h5-6,10-11H,7-8H2,1-4H3/b6-5+/t10-,11-,13-/m1/s1. The summed E-state index contributed by atoms with van der Waals surface area (Å²) in [5.41, 5.74) is 0.237. The maximum Gasteiger partial charge on any atom is 0.152 e. The molecule has 0 aromatic rings. The summed E-state index contributed by atoms with van der Waals surface area (Å²) in [6.07, 6.45) is 6.52. The molecule has 0 unspecified atom stereocenters. The summed E-state index contributed by atoms with van der Waals surface area (Å²) in [7, 11) is 0. The molecule has 0 aromatic heterocycles. The molecule has 1 heterocycles. The fourth-order valence-corrected chi connectivity index (χ4v) is 3.01. The van der Waals surface area contributed by atoms with Crippen LogP contribution in [0.15, 0.2) is 12.2 Å². The van der Waals surface area contributed by atoms with Crippen molar-refractivity contribution in [3.05, 3.63) is 12.2 Å². The zero-order valence-electron chi connectivity index (χ0n) is 10.0. The Hall–Kier alpha value is -0.630. The van der Waals surface area contributed by atoms with Gasteiger partial charge in [0.2, 0.25) is 0 Å². The molecule has 2 heteroatoms. The molecule has 0 aromatic carbocycles. The third-order valence-electron chi connectivity index (χ3n) is 4.01. The molecule has 3 atom stereocenters. The minimum Gasteiger partial charge on any atom is -0.366 e. The number of ketones is 1. The van der Waals surface area contributed by atoms with E-state index in [4.69, 9.17) is 4.74 Å². The molecule has 1 saturated heterocycles. The Kier molecular flexibility index (Phi) is 2.30. The number of carbonyl (C=O) groups is 1. The summed E-state index contributed by atoms with van der Waals surface area (Å²) in [5.74, 6) is 0.491. The maximum atomic E-state index is 11.0. The Labute approximate surface area is 91.7 Å². The van der Waals surface area contributed by atoms with Crippen molar-refractivity contribution in [2.75, 3.05) is 0 Å². The molecule has 1 aliphatic carbocycles. The smallest absolute Gasteiger partial charge is 0.152 e. The molecule has 1 saturated carbocycles. The highest BCUT2D eigenvalue weighted by Crippen LogP contribution is 2.58. The number of ether oxygens (including phenoxy) is 1. The first-order valence-corrected chi connectivity index (χ1v) is 5.73. The third kappa shape index (κ3) is 1.76. The highest BCUT2D eigenvalue weighted by Gasteiger charge is 2.63. The number of rotatable bonds is 2. The first kappa shape index (κ1) is 10.9. The third-order valence-corrected chi connectivity index (χ3v) is 4.01. The molecule has 84 valence electrons. The van der Waals surface area contributed by atoms with E-state index in [1.165, 1.54) is 6.42 Å². The van der Waals surface area contributed by atoms with E-state index in [1.54, 1.807) is 13.0 Å². The van der Waals surface area contributed by atoms with E-state index < -0.39 is 0 Å². The zero-order chi connectivity index (χ0) is 11.3. The number of hydrogen-bond acceptors (Lipinski definition) is 2. The van der Waals surface area contributed by atoms with Gasteiger partial charge in [-0.25, -0.2) is 0 Å². The van der Waals surface area contributed by atoms with Crippen LogP contribution in [-0.2, 0) is 9.53 Å². The fraction of sp³-hybridized carbons (Fsp3) is 0.769. The summed E-state index contributed by atoms with van der Waals surface area (Å²) in [5, 5.41) is 0. The molecule has 0 amide bonds. The molecule has 0 radical (unpaired) electrons. The highest BCUT2D eigenvalue weighted by atomic mass is 16.6. The molecule has 15 heavy (non-hydrogen) atoms. The van der Waals surface area contributed by atoms with E-state index in [0.29, 0.717) is 12.0 Å². The van der Waals surface area contributed by atoms with Crippen molar-refractivity contribution in [1.29, 1.82) is 0 Å². The SMILES string of the molecule is CC(=O)/C=C/[C@@H]1C(C)(C)CC[C@H]2O[C@]12C. The molecule has 2 fully saturated rings. The lowest BCUT2D eigenvalue weighted by atomic mass is 9.64. The Morgan fingerprint density at radius 1 is 1.40 bits per heavy atom. The van der Waals surface area contributed by atoms with Gasteiger partial charge in [0.25, 0.3) is 0 Å². The van der Waals surface area contributed by atoms with Gasteiger partial charge in [-0.1, -0.05) is 19.9 Å². The Bertz CT molecular complexity index is 312. The van der Waals surface area contributed by atoms with E-state index >= 15 is 0 Å². The first-order valence-electron chi connectivity index (χ1n) is 5.73. The van der Waals surface area contributed by atoms with Crippen LogP contribution < -0.4 is 0 Å². The number of hydrogen-bond donors (Lipinski definition) is 0. The second-order valence-corrected chi connectivity index (χ2v) is 5.77. The van der Waals surface area contributed by atoms with Gasteiger partial charge in [-0.3, -0.25) is 4.79 Å². The number of epoxide rings is 1. The van der Waals surface area contributed by atoms with Gasteiger partial charge in [-0.2, -0.15) is 0 Å².